The van der Waals surface area contributed by atoms with E-state index < -0.39 is 9.84 Å². The van der Waals surface area contributed by atoms with Crippen LogP contribution in [0.2, 0.25) is 0 Å². The van der Waals surface area contributed by atoms with E-state index in [0.717, 1.165) is 29.0 Å². The first-order valence-corrected chi connectivity index (χ1v) is 13.1. The summed E-state index contributed by atoms with van der Waals surface area (Å²) in [4.78, 5) is 29.0. The molecule has 0 radical (unpaired) electrons. The van der Waals surface area contributed by atoms with Crippen molar-refractivity contribution in [1.29, 1.82) is 0 Å². The Balaban J connectivity index is 1.63. The smallest absolute Gasteiger partial charge is 0.256 e. The SMILES string of the molecule is Cc1ncc(-c2nc(-c3cc4c(c(S(C)(=O)=O)c3)C(=O)N(C(C)C3CC3)C4)cnc2N)s1. The van der Waals surface area contributed by atoms with Crippen molar-refractivity contribution < 1.29 is 13.2 Å². The van der Waals surface area contributed by atoms with E-state index in [1.165, 1.54) is 23.6 Å². The molecule has 3 heterocycles. The summed E-state index contributed by atoms with van der Waals surface area (Å²) in [5.41, 5.74) is 8.64. The third kappa shape index (κ3) is 3.57. The molecule has 10 heteroatoms. The highest BCUT2D eigenvalue weighted by molar-refractivity contribution is 7.90. The summed E-state index contributed by atoms with van der Waals surface area (Å²) in [5, 5.41) is 0.881. The van der Waals surface area contributed by atoms with Gasteiger partial charge in [-0.05, 0) is 50.3 Å². The predicted octanol–water partition coefficient (Wildman–Crippen LogP) is 3.32. The standard InChI is InChI=1S/C22H23N5O3S2/c1-11(13-4-5-13)27-10-15-6-14(7-18(32(3,29)30)19(15)22(27)28)16-8-25-21(23)20(26-16)17-9-24-12(2)31-17/h6-9,11,13H,4-5,10H2,1-3H3,(H2,23,25). The zero-order chi connectivity index (χ0) is 22.8. The largest absolute Gasteiger partial charge is 0.382 e. The van der Waals surface area contributed by atoms with E-state index in [0.29, 0.717) is 35.0 Å². The number of anilines is 1. The second-order valence-corrected chi connectivity index (χ2v) is 11.7. The first-order valence-electron chi connectivity index (χ1n) is 10.4. The number of aromatic nitrogens is 3. The summed E-state index contributed by atoms with van der Waals surface area (Å²) in [5.74, 6) is 0.555. The Labute approximate surface area is 190 Å². The number of sulfone groups is 1. The molecule has 1 saturated carbocycles. The number of amides is 1. The third-order valence-electron chi connectivity index (χ3n) is 6.15. The predicted molar refractivity (Wildman–Crippen MR) is 123 cm³/mol. The first-order chi connectivity index (χ1) is 15.1. The first kappa shape index (κ1) is 21.0. The number of hydrogen-bond donors (Lipinski definition) is 1. The maximum atomic E-state index is 13.2. The molecule has 0 bridgehead atoms. The number of hydrogen-bond acceptors (Lipinski definition) is 8. The Hall–Kier alpha value is -2.85. The molecule has 2 N–H and O–H groups in total. The minimum atomic E-state index is -3.64. The van der Waals surface area contributed by atoms with Crippen LogP contribution in [-0.4, -0.2) is 46.5 Å². The van der Waals surface area contributed by atoms with Gasteiger partial charge in [-0.3, -0.25) is 4.79 Å². The molecule has 1 atom stereocenters. The third-order valence-corrected chi connectivity index (χ3v) is 8.19. The molecule has 2 aliphatic rings. The van der Waals surface area contributed by atoms with Gasteiger partial charge in [0.25, 0.3) is 5.91 Å². The molecule has 1 aromatic carbocycles. The molecule has 1 aliphatic heterocycles. The van der Waals surface area contributed by atoms with Crippen LogP contribution in [0.5, 0.6) is 0 Å². The van der Waals surface area contributed by atoms with Crippen LogP contribution in [0, 0.1) is 12.8 Å². The fourth-order valence-electron chi connectivity index (χ4n) is 4.23. The van der Waals surface area contributed by atoms with Crippen LogP contribution in [0.15, 0.2) is 29.4 Å². The van der Waals surface area contributed by atoms with Crippen LogP contribution in [0.1, 0.15) is 40.7 Å². The molecule has 1 fully saturated rings. The van der Waals surface area contributed by atoms with Crippen LogP contribution in [0.4, 0.5) is 5.82 Å². The summed E-state index contributed by atoms with van der Waals surface area (Å²) in [6.45, 7) is 4.33. The maximum absolute atomic E-state index is 13.2. The topological polar surface area (TPSA) is 119 Å². The second-order valence-electron chi connectivity index (χ2n) is 8.52. The molecular formula is C22H23N5O3S2. The van der Waals surface area contributed by atoms with Gasteiger partial charge in [-0.2, -0.15) is 0 Å². The zero-order valence-corrected chi connectivity index (χ0v) is 19.6. The van der Waals surface area contributed by atoms with Gasteiger partial charge >= 0.3 is 0 Å². The van der Waals surface area contributed by atoms with Crippen LogP contribution in [-0.2, 0) is 16.4 Å². The molecule has 1 aliphatic carbocycles. The minimum absolute atomic E-state index is 0.0364. The second kappa shape index (κ2) is 7.35. The molecule has 32 heavy (non-hydrogen) atoms. The van der Waals surface area contributed by atoms with E-state index in [4.69, 9.17) is 5.73 Å². The number of nitrogen functional groups attached to an aromatic ring is 1. The molecule has 5 rings (SSSR count). The number of carbonyl (C=O) groups is 1. The van der Waals surface area contributed by atoms with Gasteiger partial charge in [0.15, 0.2) is 15.7 Å². The number of rotatable bonds is 5. The fourth-order valence-corrected chi connectivity index (χ4v) is 5.94. The van der Waals surface area contributed by atoms with Gasteiger partial charge in [-0.1, -0.05) is 0 Å². The quantitative estimate of drug-likeness (QED) is 0.609. The molecule has 3 aromatic rings. The van der Waals surface area contributed by atoms with Gasteiger partial charge in [-0.25, -0.2) is 23.4 Å². The normalized spacial score (nSPS) is 17.0. The summed E-state index contributed by atoms with van der Waals surface area (Å²) in [6, 6.07) is 3.46. The lowest BCUT2D eigenvalue weighted by Crippen LogP contribution is -2.35. The van der Waals surface area contributed by atoms with Gasteiger partial charge in [0.05, 0.1) is 32.2 Å². The highest BCUT2D eigenvalue weighted by Gasteiger charge is 2.40. The lowest BCUT2D eigenvalue weighted by Gasteiger charge is -2.24. The van der Waals surface area contributed by atoms with E-state index in [1.54, 1.807) is 11.1 Å². The summed E-state index contributed by atoms with van der Waals surface area (Å²) < 4.78 is 25.3. The van der Waals surface area contributed by atoms with Crippen LogP contribution in [0.3, 0.4) is 0 Å². The summed E-state index contributed by atoms with van der Waals surface area (Å²) >= 11 is 1.46. The molecule has 8 nitrogen and oxygen atoms in total. The highest BCUT2D eigenvalue weighted by atomic mass is 32.2. The minimum Gasteiger partial charge on any atom is -0.382 e. The Morgan fingerprint density at radius 3 is 2.59 bits per heavy atom. The van der Waals surface area contributed by atoms with Gasteiger partial charge in [-0.15, -0.1) is 11.3 Å². The van der Waals surface area contributed by atoms with E-state index in [2.05, 4.69) is 15.0 Å². The van der Waals surface area contributed by atoms with Crippen molar-refractivity contribution in [2.45, 2.75) is 44.2 Å². The lowest BCUT2D eigenvalue weighted by atomic mass is 10.0. The highest BCUT2D eigenvalue weighted by Crippen LogP contribution is 2.41. The number of nitrogens with two attached hydrogens (primary N) is 1. The van der Waals surface area contributed by atoms with E-state index >= 15 is 0 Å². The van der Waals surface area contributed by atoms with Gasteiger partial charge in [0.2, 0.25) is 0 Å². The molecule has 1 amide bonds. The number of carbonyl (C=O) groups excluding carboxylic acids is 1. The van der Waals surface area contributed by atoms with Crippen molar-refractivity contribution in [2.75, 3.05) is 12.0 Å². The Morgan fingerprint density at radius 1 is 1.22 bits per heavy atom. The number of benzene rings is 1. The molecule has 2 aromatic heterocycles. The van der Waals surface area contributed by atoms with Crippen LogP contribution >= 0.6 is 11.3 Å². The van der Waals surface area contributed by atoms with Crippen molar-refractivity contribution >= 4 is 32.9 Å². The van der Waals surface area contributed by atoms with Crippen molar-refractivity contribution in [3.8, 4) is 21.8 Å². The van der Waals surface area contributed by atoms with E-state index in [1.807, 2.05) is 19.9 Å². The van der Waals surface area contributed by atoms with Gasteiger partial charge < -0.3 is 10.6 Å². The Morgan fingerprint density at radius 2 is 1.97 bits per heavy atom. The molecule has 166 valence electrons. The number of nitrogens with zero attached hydrogens (tertiary/aromatic N) is 4. The fraction of sp³-hybridized carbons (Fsp3) is 0.364. The zero-order valence-electron chi connectivity index (χ0n) is 18.0. The molecular weight excluding hydrogens is 446 g/mol. The number of thiazole rings is 1. The lowest BCUT2D eigenvalue weighted by molar-refractivity contribution is 0.0694. The monoisotopic (exact) mass is 469 g/mol. The summed E-state index contributed by atoms with van der Waals surface area (Å²) in [6.07, 6.45) is 6.57. The Kier molecular flexibility index (Phi) is 4.82. The van der Waals surface area contributed by atoms with Crippen molar-refractivity contribution in [2.24, 2.45) is 5.92 Å². The number of fused-ring (bicyclic) bond motifs is 1. The van der Waals surface area contributed by atoms with Gasteiger partial charge in [0, 0.05) is 30.6 Å². The average Bonchev–Trinajstić information content (AvgIpc) is 3.42. The molecule has 0 spiro atoms. The van der Waals surface area contributed by atoms with Crippen molar-refractivity contribution in [1.82, 2.24) is 19.9 Å². The molecule has 0 saturated heterocycles. The summed E-state index contributed by atoms with van der Waals surface area (Å²) in [7, 11) is -3.64. The van der Waals surface area contributed by atoms with Crippen LogP contribution < -0.4 is 5.73 Å². The maximum Gasteiger partial charge on any atom is 0.256 e. The van der Waals surface area contributed by atoms with Crippen molar-refractivity contribution in [3.05, 3.63) is 40.7 Å². The van der Waals surface area contributed by atoms with E-state index in [-0.39, 0.29) is 28.2 Å². The molecule has 1 unspecified atom stereocenters. The Bertz CT molecular complexity index is 1360. The van der Waals surface area contributed by atoms with Gasteiger partial charge in [0.1, 0.15) is 5.69 Å². The number of aryl methyl sites for hydroxylation is 1. The van der Waals surface area contributed by atoms with E-state index in [9.17, 15) is 13.2 Å². The van der Waals surface area contributed by atoms with Crippen molar-refractivity contribution in [3.63, 3.8) is 0 Å². The average molecular weight is 470 g/mol. The van der Waals surface area contributed by atoms with Crippen LogP contribution in [0.25, 0.3) is 21.8 Å².